The highest BCUT2D eigenvalue weighted by Gasteiger charge is 2.34. The molecule has 1 amide bonds. The number of carbonyl (C=O) groups excluding carboxylic acids is 1. The molecule has 0 heterocycles. The van der Waals surface area contributed by atoms with Crippen LogP contribution in [-0.2, 0) is 21.5 Å². The smallest absolute Gasteiger partial charge is 0.339 e. The van der Waals surface area contributed by atoms with Crippen LogP contribution in [0.25, 0.3) is 0 Å². The Balaban J connectivity index is 1.70. The summed E-state index contributed by atoms with van der Waals surface area (Å²) in [6, 6.07) is 11.2. The predicted octanol–water partition coefficient (Wildman–Crippen LogP) is 4.13. The molecule has 0 saturated heterocycles. The molecule has 7 heteroatoms. The average molecular weight is 405 g/mol. The zero-order valence-corrected chi connectivity index (χ0v) is 16.8. The molecule has 150 valence electrons. The van der Waals surface area contributed by atoms with E-state index in [2.05, 4.69) is 6.92 Å². The second-order valence-electron chi connectivity index (χ2n) is 7.13. The summed E-state index contributed by atoms with van der Waals surface area (Å²) in [5.74, 6) is -0.0161. The fourth-order valence-corrected chi connectivity index (χ4v) is 3.79. The Bertz CT molecular complexity index is 922. The lowest BCUT2D eigenvalue weighted by Gasteiger charge is -2.29. The van der Waals surface area contributed by atoms with Crippen LogP contribution in [0.15, 0.2) is 53.4 Å². The average Bonchev–Trinajstić information content (AvgIpc) is 3.51. The molecule has 1 aliphatic carbocycles. The fraction of sp³-hybridized carbons (Fsp3) is 0.381. The summed E-state index contributed by atoms with van der Waals surface area (Å²) in [5, 5.41) is 0. The van der Waals surface area contributed by atoms with Crippen LogP contribution in [0, 0.1) is 11.7 Å². The lowest BCUT2D eigenvalue weighted by atomic mass is 10.1. The maximum absolute atomic E-state index is 13.0. The van der Waals surface area contributed by atoms with Crippen molar-refractivity contribution in [1.82, 2.24) is 4.90 Å². The van der Waals surface area contributed by atoms with Crippen LogP contribution < -0.4 is 4.18 Å². The second-order valence-corrected chi connectivity index (χ2v) is 8.68. The summed E-state index contributed by atoms with van der Waals surface area (Å²) < 4.78 is 42.7. The molecule has 5 nitrogen and oxygen atoms in total. The second kappa shape index (κ2) is 8.31. The third-order valence-electron chi connectivity index (χ3n) is 4.92. The third-order valence-corrected chi connectivity index (χ3v) is 6.18. The van der Waals surface area contributed by atoms with Crippen molar-refractivity contribution >= 4 is 16.0 Å². The van der Waals surface area contributed by atoms with E-state index in [9.17, 15) is 17.6 Å². The molecule has 0 aromatic heterocycles. The minimum absolute atomic E-state index is 0.115. The highest BCUT2D eigenvalue weighted by molar-refractivity contribution is 7.87. The van der Waals surface area contributed by atoms with Gasteiger partial charge in [-0.1, -0.05) is 19.1 Å². The summed E-state index contributed by atoms with van der Waals surface area (Å²) in [7, 11) is -4.03. The van der Waals surface area contributed by atoms with E-state index < -0.39 is 15.9 Å². The summed E-state index contributed by atoms with van der Waals surface area (Å²) in [4.78, 5) is 14.3. The number of hydrogen-bond acceptors (Lipinski definition) is 4. The van der Waals surface area contributed by atoms with Crippen molar-refractivity contribution in [2.24, 2.45) is 5.92 Å². The maximum Gasteiger partial charge on any atom is 0.339 e. The predicted molar refractivity (Wildman–Crippen MR) is 104 cm³/mol. The van der Waals surface area contributed by atoms with Crippen LogP contribution >= 0.6 is 0 Å². The quantitative estimate of drug-likeness (QED) is 0.620. The molecule has 0 aliphatic heterocycles. The SMILES string of the molecule is CC[C@@H](C)N(Cc1ccc(OS(=O)(=O)c2ccc(F)cc2)cc1)C(=O)C1CC1. The first-order valence-electron chi connectivity index (χ1n) is 9.39. The molecule has 28 heavy (non-hydrogen) atoms. The topological polar surface area (TPSA) is 63.7 Å². The zero-order chi connectivity index (χ0) is 20.3. The van der Waals surface area contributed by atoms with Crippen molar-refractivity contribution in [3.05, 3.63) is 59.9 Å². The van der Waals surface area contributed by atoms with Crippen LogP contribution in [-0.4, -0.2) is 25.3 Å². The molecule has 0 bridgehead atoms. The van der Waals surface area contributed by atoms with Crippen LogP contribution in [0.3, 0.4) is 0 Å². The van der Waals surface area contributed by atoms with E-state index in [1.54, 1.807) is 24.3 Å². The van der Waals surface area contributed by atoms with Gasteiger partial charge in [0.05, 0.1) is 0 Å². The molecule has 2 aromatic carbocycles. The van der Waals surface area contributed by atoms with Gasteiger partial charge >= 0.3 is 10.1 Å². The molecule has 0 spiro atoms. The molecule has 1 aliphatic rings. The molecular weight excluding hydrogens is 381 g/mol. The Morgan fingerprint density at radius 2 is 1.75 bits per heavy atom. The number of nitrogens with zero attached hydrogens (tertiary/aromatic N) is 1. The number of hydrogen-bond donors (Lipinski definition) is 0. The Hall–Kier alpha value is -2.41. The molecule has 0 radical (unpaired) electrons. The first kappa shape index (κ1) is 20.3. The van der Waals surface area contributed by atoms with E-state index in [0.717, 1.165) is 49.1 Å². The van der Waals surface area contributed by atoms with E-state index in [-0.39, 0.29) is 28.5 Å². The Labute approximate surface area is 165 Å². The number of rotatable bonds is 8. The molecule has 1 atom stereocenters. The molecule has 0 N–H and O–H groups in total. The molecule has 3 rings (SSSR count). The monoisotopic (exact) mass is 405 g/mol. The molecule has 2 aromatic rings. The van der Waals surface area contributed by atoms with Gasteiger partial charge in [-0.15, -0.1) is 0 Å². The molecule has 1 saturated carbocycles. The van der Waals surface area contributed by atoms with Gasteiger partial charge in [0.2, 0.25) is 5.91 Å². The third kappa shape index (κ3) is 4.90. The summed E-state index contributed by atoms with van der Waals surface area (Å²) in [6.07, 6.45) is 2.79. The van der Waals surface area contributed by atoms with Crippen LogP contribution in [0.1, 0.15) is 38.7 Å². The van der Waals surface area contributed by atoms with E-state index in [1.165, 1.54) is 0 Å². The molecular formula is C21H24FNO4S. The van der Waals surface area contributed by atoms with Crippen LogP contribution in [0.4, 0.5) is 4.39 Å². The highest BCUT2D eigenvalue weighted by atomic mass is 32.2. The van der Waals surface area contributed by atoms with Gasteiger partial charge < -0.3 is 9.08 Å². The van der Waals surface area contributed by atoms with Crippen LogP contribution in [0.5, 0.6) is 5.75 Å². The minimum atomic E-state index is -4.03. The highest BCUT2D eigenvalue weighted by Crippen LogP contribution is 2.32. The summed E-state index contributed by atoms with van der Waals surface area (Å²) in [5.41, 5.74) is 0.904. The van der Waals surface area contributed by atoms with E-state index in [1.807, 2.05) is 11.8 Å². The van der Waals surface area contributed by atoms with E-state index >= 15 is 0 Å². The lowest BCUT2D eigenvalue weighted by Crippen LogP contribution is -2.38. The van der Waals surface area contributed by atoms with Gasteiger partial charge in [0.25, 0.3) is 0 Å². The Morgan fingerprint density at radius 3 is 2.29 bits per heavy atom. The van der Waals surface area contributed by atoms with Gasteiger partial charge in [0.1, 0.15) is 16.5 Å². The van der Waals surface area contributed by atoms with Gasteiger partial charge in [-0.05, 0) is 68.1 Å². The number of amides is 1. The molecule has 0 unspecified atom stereocenters. The van der Waals surface area contributed by atoms with Gasteiger partial charge in [0.15, 0.2) is 0 Å². The summed E-state index contributed by atoms with van der Waals surface area (Å²) in [6.45, 7) is 4.57. The largest absolute Gasteiger partial charge is 0.379 e. The number of benzene rings is 2. The van der Waals surface area contributed by atoms with Gasteiger partial charge in [-0.2, -0.15) is 8.42 Å². The fourth-order valence-electron chi connectivity index (χ4n) is 2.86. The first-order chi connectivity index (χ1) is 13.3. The summed E-state index contributed by atoms with van der Waals surface area (Å²) >= 11 is 0. The Morgan fingerprint density at radius 1 is 1.14 bits per heavy atom. The van der Waals surface area contributed by atoms with E-state index in [0.29, 0.717) is 6.54 Å². The number of halogens is 1. The zero-order valence-electron chi connectivity index (χ0n) is 16.0. The van der Waals surface area contributed by atoms with Crippen LogP contribution in [0.2, 0.25) is 0 Å². The van der Waals surface area contributed by atoms with Gasteiger partial charge in [-0.3, -0.25) is 4.79 Å². The van der Waals surface area contributed by atoms with Crippen molar-refractivity contribution in [3.8, 4) is 5.75 Å². The molecule has 1 fully saturated rings. The van der Waals surface area contributed by atoms with Gasteiger partial charge in [-0.25, -0.2) is 4.39 Å². The van der Waals surface area contributed by atoms with Crippen molar-refractivity contribution in [1.29, 1.82) is 0 Å². The van der Waals surface area contributed by atoms with E-state index in [4.69, 9.17) is 4.18 Å². The van der Waals surface area contributed by atoms with Gasteiger partial charge in [0, 0.05) is 18.5 Å². The first-order valence-corrected chi connectivity index (χ1v) is 10.8. The lowest BCUT2D eigenvalue weighted by molar-refractivity contribution is -0.135. The van der Waals surface area contributed by atoms with Crippen molar-refractivity contribution in [3.63, 3.8) is 0 Å². The van der Waals surface area contributed by atoms with Crippen molar-refractivity contribution < 1.29 is 21.8 Å². The Kier molecular flexibility index (Phi) is 6.03. The van der Waals surface area contributed by atoms with Crippen molar-refractivity contribution in [2.45, 2.75) is 50.6 Å². The standard InChI is InChI=1S/C21H24FNO4S/c1-3-15(2)23(21(24)17-6-7-17)14-16-4-10-19(11-5-16)27-28(25,26)20-12-8-18(22)9-13-20/h4-5,8-13,15,17H,3,6-7,14H2,1-2H3/t15-/m1/s1. The maximum atomic E-state index is 13.0. The minimum Gasteiger partial charge on any atom is -0.379 e. The van der Waals surface area contributed by atoms with Crippen molar-refractivity contribution in [2.75, 3.05) is 0 Å². The normalized spacial score (nSPS) is 15.1. The number of carbonyl (C=O) groups is 1.